The molecule has 0 radical (unpaired) electrons. The topological polar surface area (TPSA) is 68.0 Å². The van der Waals surface area contributed by atoms with Crippen LogP contribution in [-0.4, -0.2) is 10.9 Å². The van der Waals surface area contributed by atoms with E-state index in [1.165, 1.54) is 11.3 Å². The van der Waals surface area contributed by atoms with Gasteiger partial charge in [-0.3, -0.25) is 10.1 Å². The van der Waals surface area contributed by atoms with E-state index in [0.717, 1.165) is 11.3 Å². The molecule has 1 aromatic carbocycles. The highest BCUT2D eigenvalue weighted by Gasteiger charge is 2.18. The molecule has 0 unspecified atom stereocenters. The first kappa shape index (κ1) is 14.7. The molecule has 0 fully saturated rings. The summed E-state index contributed by atoms with van der Waals surface area (Å²) in [5, 5.41) is 5.43. The lowest BCUT2D eigenvalue weighted by molar-refractivity contribution is 0.102. The molecule has 1 aromatic heterocycles. The van der Waals surface area contributed by atoms with Gasteiger partial charge in [-0.25, -0.2) is 4.98 Å². The molecule has 0 saturated heterocycles. The minimum atomic E-state index is -0.150. The predicted molar refractivity (Wildman–Crippen MR) is 83.1 cm³/mol. The Hall–Kier alpha value is -1.72. The molecule has 5 heteroatoms. The maximum atomic E-state index is 12.1. The van der Waals surface area contributed by atoms with E-state index in [0.29, 0.717) is 17.2 Å². The number of nitrogens with two attached hydrogens (primary N) is 1. The number of thiazole rings is 1. The van der Waals surface area contributed by atoms with Crippen LogP contribution in [0.3, 0.4) is 0 Å². The van der Waals surface area contributed by atoms with Gasteiger partial charge >= 0.3 is 0 Å². The van der Waals surface area contributed by atoms with Crippen molar-refractivity contribution in [3.63, 3.8) is 0 Å². The van der Waals surface area contributed by atoms with E-state index in [4.69, 9.17) is 5.73 Å². The number of carbonyl (C=O) groups excluding carboxylic acids is 1. The Morgan fingerprint density at radius 1 is 1.30 bits per heavy atom. The Morgan fingerprint density at radius 3 is 2.45 bits per heavy atom. The van der Waals surface area contributed by atoms with Crippen LogP contribution in [0.4, 0.5) is 5.13 Å². The Kier molecular flexibility index (Phi) is 4.20. The zero-order chi connectivity index (χ0) is 14.8. The largest absolute Gasteiger partial charge is 0.326 e. The number of rotatable bonds is 3. The van der Waals surface area contributed by atoms with Gasteiger partial charge in [0.15, 0.2) is 5.13 Å². The molecule has 2 aromatic rings. The number of hydrogen-bond donors (Lipinski definition) is 2. The highest BCUT2D eigenvalue weighted by Crippen LogP contribution is 2.26. The maximum absolute atomic E-state index is 12.1. The smallest absolute Gasteiger partial charge is 0.257 e. The first-order chi connectivity index (χ1) is 9.40. The summed E-state index contributed by atoms with van der Waals surface area (Å²) in [7, 11) is 0. The summed E-state index contributed by atoms with van der Waals surface area (Å²) < 4.78 is 0. The number of nitrogens with one attached hydrogen (secondary N) is 1. The zero-order valence-electron chi connectivity index (χ0n) is 11.9. The van der Waals surface area contributed by atoms with Crippen molar-refractivity contribution in [3.05, 3.63) is 46.5 Å². The SMILES string of the molecule is CC(C)(C)c1csc(NC(=O)c2ccc(CN)cc2)n1. The van der Waals surface area contributed by atoms with Gasteiger partial charge in [-0.15, -0.1) is 11.3 Å². The molecule has 4 nitrogen and oxygen atoms in total. The van der Waals surface area contributed by atoms with Gasteiger partial charge in [-0.2, -0.15) is 0 Å². The van der Waals surface area contributed by atoms with Crippen molar-refractivity contribution in [2.45, 2.75) is 32.7 Å². The summed E-state index contributed by atoms with van der Waals surface area (Å²) >= 11 is 1.44. The first-order valence-electron chi connectivity index (χ1n) is 6.46. The molecule has 0 aliphatic rings. The molecule has 0 bridgehead atoms. The second-order valence-corrected chi connectivity index (χ2v) is 6.50. The molecule has 0 atom stereocenters. The molecular formula is C15H19N3OS. The Bertz CT molecular complexity index is 596. The Labute approximate surface area is 123 Å². The van der Waals surface area contributed by atoms with Gasteiger partial charge in [-0.1, -0.05) is 32.9 Å². The van der Waals surface area contributed by atoms with Crippen molar-refractivity contribution in [2.75, 3.05) is 5.32 Å². The molecule has 20 heavy (non-hydrogen) atoms. The minimum absolute atomic E-state index is 0.0117. The van der Waals surface area contributed by atoms with Gasteiger partial charge in [-0.05, 0) is 17.7 Å². The number of nitrogens with zero attached hydrogens (tertiary/aromatic N) is 1. The summed E-state index contributed by atoms with van der Waals surface area (Å²) in [6.45, 7) is 6.76. The van der Waals surface area contributed by atoms with E-state index in [-0.39, 0.29) is 11.3 Å². The van der Waals surface area contributed by atoms with E-state index in [1.807, 2.05) is 17.5 Å². The van der Waals surface area contributed by atoms with E-state index >= 15 is 0 Å². The molecule has 3 N–H and O–H groups in total. The molecule has 106 valence electrons. The number of benzene rings is 1. The molecule has 1 heterocycles. The normalized spacial score (nSPS) is 11.4. The molecule has 0 spiro atoms. The fourth-order valence-corrected chi connectivity index (χ4v) is 2.57. The van der Waals surface area contributed by atoms with E-state index in [1.54, 1.807) is 12.1 Å². The van der Waals surface area contributed by atoms with Gasteiger partial charge in [0.1, 0.15) is 0 Å². The van der Waals surface area contributed by atoms with Crippen LogP contribution < -0.4 is 11.1 Å². The zero-order valence-corrected chi connectivity index (χ0v) is 12.8. The number of anilines is 1. The van der Waals surface area contributed by atoms with Crippen molar-refractivity contribution < 1.29 is 4.79 Å². The average Bonchev–Trinajstić information content (AvgIpc) is 2.87. The highest BCUT2D eigenvalue weighted by atomic mass is 32.1. The van der Waals surface area contributed by atoms with Crippen molar-refractivity contribution in [2.24, 2.45) is 5.73 Å². The summed E-state index contributed by atoms with van der Waals surface area (Å²) in [5.74, 6) is -0.150. The number of hydrogen-bond acceptors (Lipinski definition) is 4. The third-order valence-corrected chi connectivity index (χ3v) is 3.70. The predicted octanol–water partition coefficient (Wildman–Crippen LogP) is 3.15. The molecular weight excluding hydrogens is 270 g/mol. The van der Waals surface area contributed by atoms with Crippen LogP contribution in [0.5, 0.6) is 0 Å². The quantitative estimate of drug-likeness (QED) is 0.912. The van der Waals surface area contributed by atoms with E-state index in [9.17, 15) is 4.79 Å². The van der Waals surface area contributed by atoms with Crippen molar-refractivity contribution in [1.29, 1.82) is 0 Å². The van der Waals surface area contributed by atoms with Gasteiger partial charge in [0.05, 0.1) is 5.69 Å². The number of aromatic nitrogens is 1. The summed E-state index contributed by atoms with van der Waals surface area (Å²) in [4.78, 5) is 16.5. The van der Waals surface area contributed by atoms with Crippen LogP contribution in [0.25, 0.3) is 0 Å². The van der Waals surface area contributed by atoms with Gasteiger partial charge in [0, 0.05) is 22.9 Å². The van der Waals surface area contributed by atoms with Gasteiger partial charge in [0.2, 0.25) is 0 Å². The van der Waals surface area contributed by atoms with Crippen LogP contribution in [0, 0.1) is 0 Å². The van der Waals surface area contributed by atoms with Crippen LogP contribution in [0.2, 0.25) is 0 Å². The first-order valence-corrected chi connectivity index (χ1v) is 7.34. The summed E-state index contributed by atoms with van der Waals surface area (Å²) in [5.41, 5.74) is 8.12. The molecule has 0 saturated carbocycles. The Balaban J connectivity index is 2.09. The van der Waals surface area contributed by atoms with Crippen molar-refractivity contribution >= 4 is 22.4 Å². The third kappa shape index (κ3) is 3.43. The molecule has 1 amide bonds. The van der Waals surface area contributed by atoms with Crippen LogP contribution in [0.1, 0.15) is 42.4 Å². The van der Waals surface area contributed by atoms with E-state index < -0.39 is 0 Å². The van der Waals surface area contributed by atoms with Crippen LogP contribution >= 0.6 is 11.3 Å². The monoisotopic (exact) mass is 289 g/mol. The molecule has 0 aliphatic heterocycles. The summed E-state index contributed by atoms with van der Waals surface area (Å²) in [6.07, 6.45) is 0. The van der Waals surface area contributed by atoms with Crippen molar-refractivity contribution in [1.82, 2.24) is 4.98 Å². The fraction of sp³-hybridized carbons (Fsp3) is 0.333. The standard InChI is InChI=1S/C15H19N3OS/c1-15(2,3)12-9-20-14(17-12)18-13(19)11-6-4-10(8-16)5-7-11/h4-7,9H,8,16H2,1-3H3,(H,17,18,19). The molecule has 2 rings (SSSR count). The highest BCUT2D eigenvalue weighted by molar-refractivity contribution is 7.14. The lowest BCUT2D eigenvalue weighted by Crippen LogP contribution is -2.14. The van der Waals surface area contributed by atoms with E-state index in [2.05, 4.69) is 31.1 Å². The minimum Gasteiger partial charge on any atom is -0.326 e. The lowest BCUT2D eigenvalue weighted by Gasteiger charge is -2.14. The Morgan fingerprint density at radius 2 is 1.95 bits per heavy atom. The lowest BCUT2D eigenvalue weighted by atomic mass is 9.93. The van der Waals surface area contributed by atoms with Gasteiger partial charge < -0.3 is 5.73 Å². The average molecular weight is 289 g/mol. The fourth-order valence-electron chi connectivity index (χ4n) is 1.64. The maximum Gasteiger partial charge on any atom is 0.257 e. The number of amides is 1. The third-order valence-electron chi connectivity index (χ3n) is 2.94. The molecule has 0 aliphatic carbocycles. The van der Waals surface area contributed by atoms with Gasteiger partial charge in [0.25, 0.3) is 5.91 Å². The summed E-state index contributed by atoms with van der Waals surface area (Å²) in [6, 6.07) is 7.26. The number of carbonyl (C=O) groups is 1. The van der Waals surface area contributed by atoms with Crippen molar-refractivity contribution in [3.8, 4) is 0 Å². The second-order valence-electron chi connectivity index (χ2n) is 5.64. The second kappa shape index (κ2) is 5.73. The van der Waals surface area contributed by atoms with Crippen LogP contribution in [-0.2, 0) is 12.0 Å². The van der Waals surface area contributed by atoms with Crippen LogP contribution in [0.15, 0.2) is 29.6 Å².